The van der Waals surface area contributed by atoms with E-state index in [0.717, 1.165) is 17.5 Å². The minimum absolute atomic E-state index is 0.0603. The van der Waals surface area contributed by atoms with Gasteiger partial charge in [-0.05, 0) is 47.6 Å². The van der Waals surface area contributed by atoms with Crippen LogP contribution in [-0.4, -0.2) is 53.5 Å². The van der Waals surface area contributed by atoms with E-state index in [-0.39, 0.29) is 31.5 Å². The number of hydrogen-bond acceptors (Lipinski definition) is 7. The molecule has 5 N–H and O–H groups in total. The van der Waals surface area contributed by atoms with Crippen molar-refractivity contribution in [1.82, 2.24) is 15.7 Å². The molecule has 2 atom stereocenters. The molecule has 2 aromatic rings. The molecule has 2 aromatic carbocycles. The van der Waals surface area contributed by atoms with Crippen molar-refractivity contribution in [1.29, 1.82) is 10.5 Å². The highest BCUT2D eigenvalue weighted by Gasteiger charge is 2.40. The molecule has 0 fully saturated rings. The van der Waals surface area contributed by atoms with Crippen LogP contribution in [0, 0.1) is 28.6 Å². The third kappa shape index (κ3) is 8.22. The summed E-state index contributed by atoms with van der Waals surface area (Å²) in [5.41, 5.74) is 6.81. The summed E-state index contributed by atoms with van der Waals surface area (Å²) >= 11 is 0. The van der Waals surface area contributed by atoms with Crippen LogP contribution in [-0.2, 0) is 11.2 Å². The maximum Gasteiger partial charge on any atom is 0.404 e. The summed E-state index contributed by atoms with van der Waals surface area (Å²) in [4.78, 5) is 36.3. The van der Waals surface area contributed by atoms with Crippen molar-refractivity contribution < 1.29 is 24.3 Å². The number of ether oxygens (including phenoxy) is 1. The van der Waals surface area contributed by atoms with Gasteiger partial charge in [-0.3, -0.25) is 10.0 Å². The minimum Gasteiger partial charge on any atom is -0.446 e. The number of hydrogen-bond donors (Lipinski definition) is 4. The van der Waals surface area contributed by atoms with Crippen LogP contribution >= 0.6 is 0 Å². The number of benzene rings is 2. The smallest absolute Gasteiger partial charge is 0.404 e. The van der Waals surface area contributed by atoms with Crippen molar-refractivity contribution >= 4 is 18.0 Å². The molecule has 38 heavy (non-hydrogen) atoms. The van der Waals surface area contributed by atoms with Crippen molar-refractivity contribution in [2.24, 2.45) is 11.7 Å². The highest BCUT2D eigenvalue weighted by molar-refractivity contribution is 5.95. The van der Waals surface area contributed by atoms with Crippen molar-refractivity contribution in [3.63, 3.8) is 0 Å². The lowest BCUT2D eigenvalue weighted by Crippen LogP contribution is -2.56. The largest absolute Gasteiger partial charge is 0.446 e. The summed E-state index contributed by atoms with van der Waals surface area (Å²) in [6.07, 6.45) is -0.0461. The Kier molecular flexibility index (Phi) is 11.1. The molecular weight excluding hydrogens is 488 g/mol. The summed E-state index contributed by atoms with van der Waals surface area (Å²) < 4.78 is 4.89. The molecule has 0 spiro atoms. The number of nitrogens with zero attached hydrogens (tertiary/aromatic N) is 3. The van der Waals surface area contributed by atoms with E-state index in [0.29, 0.717) is 5.06 Å². The van der Waals surface area contributed by atoms with Gasteiger partial charge < -0.3 is 21.1 Å². The van der Waals surface area contributed by atoms with Crippen molar-refractivity contribution in [3.05, 3.63) is 59.7 Å². The Balaban J connectivity index is 2.15. The number of aryl methyl sites for hydroxylation is 1. The SMILES string of the molecule is CCc1ccc(-c2ccc(C(=O)N[C@](C#N)(COC(N)=O)[C@H](C)CCN(O)C(=O)NCCC#N)cc2)cc1. The summed E-state index contributed by atoms with van der Waals surface area (Å²) in [5, 5.41) is 34.0. The molecule has 200 valence electrons. The number of rotatable bonds is 12. The molecule has 0 aromatic heterocycles. The van der Waals surface area contributed by atoms with Crippen molar-refractivity contribution in [3.8, 4) is 23.3 Å². The zero-order chi connectivity index (χ0) is 28.1. The normalized spacial score (nSPS) is 12.7. The number of nitrogens with two attached hydrogens (primary N) is 1. The van der Waals surface area contributed by atoms with Crippen LogP contribution in [0.15, 0.2) is 48.5 Å². The van der Waals surface area contributed by atoms with Crippen LogP contribution in [0.3, 0.4) is 0 Å². The van der Waals surface area contributed by atoms with E-state index in [2.05, 4.69) is 17.6 Å². The molecule has 11 heteroatoms. The fraction of sp³-hybridized carbons (Fsp3) is 0.370. The van der Waals surface area contributed by atoms with Gasteiger partial charge in [0.2, 0.25) is 0 Å². The summed E-state index contributed by atoms with van der Waals surface area (Å²) in [5.74, 6) is -1.26. The second kappa shape index (κ2) is 14.2. The highest BCUT2D eigenvalue weighted by atomic mass is 16.5. The average Bonchev–Trinajstić information content (AvgIpc) is 2.93. The molecule has 0 radical (unpaired) electrons. The van der Waals surface area contributed by atoms with E-state index in [4.69, 9.17) is 15.7 Å². The standard InChI is InChI=1S/C27H32N6O5/c1-3-20-5-7-21(8-6-20)22-9-11-23(12-10-22)24(34)32-27(17-29,18-38-25(30)35)19(2)13-16-33(37)26(36)31-15-4-14-28/h5-12,19,37H,3-4,13,15-16,18H2,1-2H3,(H2,30,35)(H,31,36)(H,32,34)/t19-,27-/m1/s1. The van der Waals surface area contributed by atoms with Gasteiger partial charge in [0.05, 0.1) is 25.1 Å². The first-order valence-electron chi connectivity index (χ1n) is 12.1. The number of nitrogens with one attached hydrogen (secondary N) is 2. The number of carbonyl (C=O) groups is 3. The van der Waals surface area contributed by atoms with Crippen molar-refractivity contribution in [2.75, 3.05) is 19.7 Å². The van der Waals surface area contributed by atoms with E-state index in [1.807, 2.05) is 36.4 Å². The van der Waals surface area contributed by atoms with E-state index in [1.165, 1.54) is 5.56 Å². The Morgan fingerprint density at radius 1 is 1.11 bits per heavy atom. The van der Waals surface area contributed by atoms with Gasteiger partial charge in [-0.25, -0.2) is 14.7 Å². The Labute approximate surface area is 221 Å². The van der Waals surface area contributed by atoms with Crippen LogP contribution in [0.5, 0.6) is 0 Å². The first kappa shape index (κ1) is 29.6. The van der Waals surface area contributed by atoms with E-state index < -0.39 is 36.1 Å². The fourth-order valence-electron chi connectivity index (χ4n) is 3.66. The molecule has 0 aliphatic carbocycles. The quantitative estimate of drug-likeness (QED) is 0.188. The lowest BCUT2D eigenvalue weighted by Gasteiger charge is -2.33. The molecule has 0 unspecified atom stereocenters. The zero-order valence-electron chi connectivity index (χ0n) is 21.4. The molecule has 0 aliphatic rings. The molecule has 0 saturated carbocycles. The predicted octanol–water partition coefficient (Wildman–Crippen LogP) is 3.34. The van der Waals surface area contributed by atoms with E-state index in [1.54, 1.807) is 31.2 Å². The van der Waals surface area contributed by atoms with Crippen molar-refractivity contribution in [2.45, 2.75) is 38.6 Å². The van der Waals surface area contributed by atoms with Crippen LogP contribution in [0.4, 0.5) is 9.59 Å². The predicted molar refractivity (Wildman–Crippen MR) is 139 cm³/mol. The van der Waals surface area contributed by atoms with Gasteiger partial charge in [-0.2, -0.15) is 10.5 Å². The number of carbonyl (C=O) groups excluding carboxylic acids is 3. The molecule has 2 rings (SSSR count). The number of hydroxylamine groups is 2. The highest BCUT2D eigenvalue weighted by Crippen LogP contribution is 2.24. The molecule has 0 bridgehead atoms. The Morgan fingerprint density at radius 2 is 1.71 bits per heavy atom. The van der Waals surface area contributed by atoms with E-state index >= 15 is 0 Å². The molecule has 0 heterocycles. The second-order valence-corrected chi connectivity index (χ2v) is 8.73. The Morgan fingerprint density at radius 3 is 2.24 bits per heavy atom. The average molecular weight is 521 g/mol. The van der Waals surface area contributed by atoms with Gasteiger partial charge >= 0.3 is 12.1 Å². The van der Waals surface area contributed by atoms with Crippen LogP contribution in [0.1, 0.15) is 42.6 Å². The Hall–Kier alpha value is -4.61. The van der Waals surface area contributed by atoms with Crippen LogP contribution in [0.25, 0.3) is 11.1 Å². The minimum atomic E-state index is -1.70. The molecular formula is C27H32N6O5. The van der Waals surface area contributed by atoms with Crippen LogP contribution < -0.4 is 16.4 Å². The van der Waals surface area contributed by atoms with Gasteiger partial charge in [0, 0.05) is 12.1 Å². The number of nitriles is 2. The summed E-state index contributed by atoms with van der Waals surface area (Å²) in [7, 11) is 0. The fourth-order valence-corrected chi connectivity index (χ4v) is 3.66. The summed E-state index contributed by atoms with van der Waals surface area (Å²) in [6.45, 7) is 3.02. The molecule has 4 amide bonds. The number of urea groups is 1. The monoisotopic (exact) mass is 520 g/mol. The van der Waals surface area contributed by atoms with E-state index in [9.17, 15) is 24.9 Å². The number of amides is 4. The molecule has 0 saturated heterocycles. The zero-order valence-corrected chi connectivity index (χ0v) is 21.4. The summed E-state index contributed by atoms with van der Waals surface area (Å²) in [6, 6.07) is 18.0. The van der Waals surface area contributed by atoms with Gasteiger partial charge in [0.15, 0.2) is 5.54 Å². The molecule has 11 nitrogen and oxygen atoms in total. The van der Waals surface area contributed by atoms with Gasteiger partial charge in [-0.1, -0.05) is 50.2 Å². The first-order chi connectivity index (χ1) is 18.2. The van der Waals surface area contributed by atoms with Gasteiger partial charge in [0.25, 0.3) is 5.91 Å². The maximum absolute atomic E-state index is 13.1. The maximum atomic E-state index is 13.1. The third-order valence-corrected chi connectivity index (χ3v) is 6.18. The second-order valence-electron chi connectivity index (χ2n) is 8.73. The van der Waals surface area contributed by atoms with Gasteiger partial charge in [-0.15, -0.1) is 0 Å². The third-order valence-electron chi connectivity index (χ3n) is 6.18. The first-order valence-corrected chi connectivity index (χ1v) is 12.1. The lowest BCUT2D eigenvalue weighted by molar-refractivity contribution is -0.0484. The van der Waals surface area contributed by atoms with Crippen LogP contribution in [0.2, 0.25) is 0 Å². The lowest BCUT2D eigenvalue weighted by atomic mass is 9.84. The molecule has 0 aliphatic heterocycles. The van der Waals surface area contributed by atoms with Gasteiger partial charge in [0.1, 0.15) is 6.61 Å². The number of primary amides is 1. The topological polar surface area (TPSA) is 182 Å². The Bertz CT molecular complexity index is 1190.